The lowest BCUT2D eigenvalue weighted by molar-refractivity contribution is 0.102. The molecule has 0 saturated carbocycles. The Morgan fingerprint density at radius 3 is 2.52 bits per heavy atom. The molecule has 6 nitrogen and oxygen atoms in total. The van der Waals surface area contributed by atoms with Crippen LogP contribution in [0, 0.1) is 0 Å². The zero-order valence-electron chi connectivity index (χ0n) is 13.9. The molecule has 9 heteroatoms. The van der Waals surface area contributed by atoms with Crippen LogP contribution in [-0.2, 0) is 23.1 Å². The quantitative estimate of drug-likeness (QED) is 0.529. The summed E-state index contributed by atoms with van der Waals surface area (Å²) in [6, 6.07) is 11.7. The maximum Gasteiger partial charge on any atom is 0.257 e. The number of thiol groups is 1. The highest BCUT2D eigenvalue weighted by atomic mass is 35.5. The second-order valence-electron chi connectivity index (χ2n) is 5.62. The summed E-state index contributed by atoms with van der Waals surface area (Å²) in [5, 5.41) is 14.5. The predicted octanol–water partition coefficient (Wildman–Crippen LogP) is 3.32. The molecule has 0 saturated heterocycles. The molecule has 1 amide bonds. The van der Waals surface area contributed by atoms with E-state index in [9.17, 15) is 13.2 Å². The van der Waals surface area contributed by atoms with E-state index in [-0.39, 0.29) is 28.9 Å². The topological polar surface area (TPSA) is 96.4 Å². The molecule has 0 fully saturated rings. The Hall–Kier alpha value is -2.26. The van der Waals surface area contributed by atoms with Crippen LogP contribution in [0.25, 0.3) is 11.3 Å². The Morgan fingerprint density at radius 1 is 1.19 bits per heavy atom. The number of aliphatic hydroxyl groups is 1. The molecule has 27 heavy (non-hydrogen) atoms. The maximum absolute atomic E-state index is 12.4. The maximum atomic E-state index is 12.4. The molecule has 3 aromatic rings. The Kier molecular flexibility index (Phi) is 6.22. The molecule has 1 aromatic heterocycles. The van der Waals surface area contributed by atoms with Crippen molar-refractivity contribution in [3.05, 3.63) is 69.0 Å². The lowest BCUT2D eigenvalue weighted by Gasteiger charge is -2.08. The van der Waals surface area contributed by atoms with E-state index in [2.05, 4.69) is 10.3 Å². The summed E-state index contributed by atoms with van der Waals surface area (Å²) in [5.41, 5.74) is 3.01. The van der Waals surface area contributed by atoms with Gasteiger partial charge in [-0.05, 0) is 29.8 Å². The summed E-state index contributed by atoms with van der Waals surface area (Å²) in [4.78, 5) is 16.7. The van der Waals surface area contributed by atoms with E-state index >= 15 is 0 Å². The number of nitrogens with one attached hydrogen (secondary N) is 1. The van der Waals surface area contributed by atoms with Crippen LogP contribution in [0.4, 0.5) is 5.69 Å². The second kappa shape index (κ2) is 8.62. The van der Waals surface area contributed by atoms with E-state index < -0.39 is 10.7 Å². The van der Waals surface area contributed by atoms with Crippen LogP contribution in [0.15, 0.2) is 47.8 Å². The standard InChI is InChI=1S/C18H15ClN2O4S2/c19-15-7-11(10-27(24)25)1-6-14(15)18(23)20-13-4-2-12(3-5-13)16-9-26-17(8-22)21-16/h1-7,9,22,27H,8,10H2,(H,20,23). The fourth-order valence-corrected chi connectivity index (χ4v) is 3.87. The molecule has 0 aliphatic heterocycles. The first kappa shape index (κ1) is 19.5. The molecule has 2 N–H and O–H groups in total. The number of benzene rings is 2. The molecule has 3 rings (SSSR count). The number of aliphatic hydroxyl groups excluding tert-OH is 1. The number of halogens is 1. The van der Waals surface area contributed by atoms with Gasteiger partial charge in [-0.2, -0.15) is 0 Å². The number of nitrogens with zero attached hydrogens (tertiary/aromatic N) is 1. The minimum Gasteiger partial charge on any atom is -0.389 e. The zero-order valence-corrected chi connectivity index (χ0v) is 16.4. The highest BCUT2D eigenvalue weighted by molar-refractivity contribution is 7.71. The third kappa shape index (κ3) is 4.92. The molecule has 0 aliphatic carbocycles. The van der Waals surface area contributed by atoms with Crippen LogP contribution in [0.2, 0.25) is 5.02 Å². The zero-order chi connectivity index (χ0) is 19.4. The van der Waals surface area contributed by atoms with Crippen molar-refractivity contribution in [2.24, 2.45) is 0 Å². The molecular weight excluding hydrogens is 408 g/mol. The first-order valence-electron chi connectivity index (χ1n) is 7.83. The van der Waals surface area contributed by atoms with Gasteiger partial charge in [0.25, 0.3) is 5.91 Å². The van der Waals surface area contributed by atoms with Crippen LogP contribution < -0.4 is 5.32 Å². The van der Waals surface area contributed by atoms with Gasteiger partial charge >= 0.3 is 0 Å². The van der Waals surface area contributed by atoms with E-state index in [1.54, 1.807) is 18.2 Å². The van der Waals surface area contributed by atoms with Crippen molar-refractivity contribution in [2.75, 3.05) is 5.32 Å². The van der Waals surface area contributed by atoms with Gasteiger partial charge in [0.1, 0.15) is 15.7 Å². The Morgan fingerprint density at radius 2 is 1.93 bits per heavy atom. The van der Waals surface area contributed by atoms with Crippen LogP contribution in [-0.4, -0.2) is 24.4 Å². The van der Waals surface area contributed by atoms with Crippen molar-refractivity contribution in [3.63, 3.8) is 0 Å². The van der Waals surface area contributed by atoms with Gasteiger partial charge in [0, 0.05) is 16.6 Å². The van der Waals surface area contributed by atoms with E-state index in [1.165, 1.54) is 23.5 Å². The monoisotopic (exact) mass is 422 g/mol. The molecule has 0 aliphatic rings. The lowest BCUT2D eigenvalue weighted by Crippen LogP contribution is -2.12. The third-order valence-electron chi connectivity index (χ3n) is 3.72. The number of thiazole rings is 1. The van der Waals surface area contributed by atoms with Crippen molar-refractivity contribution in [1.82, 2.24) is 4.98 Å². The number of rotatable bonds is 6. The Labute approximate surface area is 166 Å². The summed E-state index contributed by atoms with van der Waals surface area (Å²) in [5.74, 6) is -0.505. The number of hydrogen-bond donors (Lipinski definition) is 3. The average molecular weight is 423 g/mol. The molecule has 0 bridgehead atoms. The number of carbonyl (C=O) groups excluding carboxylic acids is 1. The lowest BCUT2D eigenvalue weighted by atomic mass is 10.1. The van der Waals surface area contributed by atoms with Crippen LogP contribution in [0.1, 0.15) is 20.9 Å². The second-order valence-corrected chi connectivity index (χ2v) is 7.95. The van der Waals surface area contributed by atoms with Gasteiger partial charge in [0.2, 0.25) is 0 Å². The first-order chi connectivity index (χ1) is 13.0. The van der Waals surface area contributed by atoms with E-state index in [4.69, 9.17) is 16.7 Å². The summed E-state index contributed by atoms with van der Waals surface area (Å²) in [6.45, 7) is -0.0936. The third-order valence-corrected chi connectivity index (χ3v) is 5.48. The predicted molar refractivity (Wildman–Crippen MR) is 107 cm³/mol. The van der Waals surface area contributed by atoms with Gasteiger partial charge in [-0.15, -0.1) is 11.3 Å². The highest BCUT2D eigenvalue weighted by Gasteiger charge is 2.12. The Bertz CT molecular complexity index is 1040. The molecule has 0 atom stereocenters. The van der Waals surface area contributed by atoms with Crippen LogP contribution in [0.5, 0.6) is 0 Å². The number of anilines is 1. The number of hydrogen-bond acceptors (Lipinski definition) is 6. The largest absolute Gasteiger partial charge is 0.389 e. The molecule has 0 unspecified atom stereocenters. The van der Waals surface area contributed by atoms with Gasteiger partial charge < -0.3 is 10.4 Å². The smallest absolute Gasteiger partial charge is 0.257 e. The van der Waals surface area contributed by atoms with Crippen LogP contribution in [0.3, 0.4) is 0 Å². The highest BCUT2D eigenvalue weighted by Crippen LogP contribution is 2.24. The van der Waals surface area contributed by atoms with Gasteiger partial charge in [0.05, 0.1) is 28.6 Å². The van der Waals surface area contributed by atoms with E-state index in [0.29, 0.717) is 16.3 Å². The summed E-state index contributed by atoms with van der Waals surface area (Å²) in [6.07, 6.45) is 0. The number of carbonyl (C=O) groups is 1. The molecule has 0 spiro atoms. The molecular formula is C18H15ClN2O4S2. The number of amides is 1. The van der Waals surface area contributed by atoms with Crippen LogP contribution >= 0.6 is 22.9 Å². The average Bonchev–Trinajstić information content (AvgIpc) is 3.11. The minimum atomic E-state index is -2.55. The van der Waals surface area contributed by atoms with Crippen molar-refractivity contribution in [3.8, 4) is 11.3 Å². The van der Waals surface area contributed by atoms with E-state index in [0.717, 1.165) is 11.3 Å². The molecule has 140 valence electrons. The van der Waals surface area contributed by atoms with Crippen molar-refractivity contribution >= 4 is 45.2 Å². The van der Waals surface area contributed by atoms with Crippen molar-refractivity contribution in [1.29, 1.82) is 0 Å². The molecule has 1 heterocycles. The van der Waals surface area contributed by atoms with Gasteiger partial charge in [-0.1, -0.05) is 29.8 Å². The first-order valence-corrected chi connectivity index (χ1v) is 10.5. The summed E-state index contributed by atoms with van der Waals surface area (Å²) < 4.78 is 21.6. The minimum absolute atomic E-state index is 0.0936. The molecule has 2 aromatic carbocycles. The summed E-state index contributed by atoms with van der Waals surface area (Å²) >= 11 is 7.49. The van der Waals surface area contributed by atoms with E-state index in [1.807, 2.05) is 17.5 Å². The van der Waals surface area contributed by atoms with Gasteiger partial charge in [-0.25, -0.2) is 13.4 Å². The normalized spacial score (nSPS) is 10.9. The molecule has 0 radical (unpaired) electrons. The van der Waals surface area contributed by atoms with Gasteiger partial charge in [-0.3, -0.25) is 4.79 Å². The van der Waals surface area contributed by atoms with Gasteiger partial charge in [0.15, 0.2) is 0 Å². The Balaban J connectivity index is 1.72. The SMILES string of the molecule is O=C(Nc1ccc(-c2csc(CO)n2)cc1)c1ccc(C[SH](=O)=O)cc1Cl. The fraction of sp³-hybridized carbons (Fsp3) is 0.111. The van der Waals surface area contributed by atoms with Crippen molar-refractivity contribution < 1.29 is 18.3 Å². The van der Waals surface area contributed by atoms with Crippen molar-refractivity contribution in [2.45, 2.75) is 12.4 Å². The summed E-state index contributed by atoms with van der Waals surface area (Å²) in [7, 11) is -2.55. The number of aromatic nitrogens is 1. The fourth-order valence-electron chi connectivity index (χ4n) is 2.43.